The number of nitrogens with zero attached hydrogens (tertiary/aromatic N) is 2. The summed E-state index contributed by atoms with van der Waals surface area (Å²) in [7, 11) is 1.60. The Morgan fingerprint density at radius 3 is 2.95 bits per heavy atom. The summed E-state index contributed by atoms with van der Waals surface area (Å²) in [5.74, 6) is -0.138. The van der Waals surface area contributed by atoms with E-state index in [-0.39, 0.29) is 5.91 Å². The van der Waals surface area contributed by atoms with E-state index in [9.17, 15) is 4.79 Å². The van der Waals surface area contributed by atoms with Gasteiger partial charge in [-0.15, -0.1) is 0 Å². The number of ether oxygens (including phenoxy) is 1. The van der Waals surface area contributed by atoms with E-state index >= 15 is 0 Å². The third-order valence-corrected chi connectivity index (χ3v) is 2.86. The van der Waals surface area contributed by atoms with Crippen LogP contribution >= 0.6 is 0 Å². The highest BCUT2D eigenvalue weighted by Gasteiger charge is 2.12. The summed E-state index contributed by atoms with van der Waals surface area (Å²) in [5, 5.41) is 2.81. The van der Waals surface area contributed by atoms with Crippen LogP contribution in [0.4, 0.5) is 0 Å². The first-order valence-corrected chi connectivity index (χ1v) is 6.35. The number of benzene rings is 1. The van der Waals surface area contributed by atoms with Crippen LogP contribution in [0.2, 0.25) is 0 Å². The van der Waals surface area contributed by atoms with E-state index in [1.54, 1.807) is 24.1 Å². The normalized spacial score (nSPS) is 10.5. The van der Waals surface area contributed by atoms with Gasteiger partial charge in [-0.05, 0) is 12.1 Å². The van der Waals surface area contributed by atoms with Crippen LogP contribution in [0.1, 0.15) is 16.1 Å². The first-order valence-electron chi connectivity index (χ1n) is 6.35. The maximum atomic E-state index is 12.2. The van der Waals surface area contributed by atoms with Crippen molar-refractivity contribution in [1.82, 2.24) is 14.9 Å². The summed E-state index contributed by atoms with van der Waals surface area (Å²) in [6.45, 7) is 1.33. The molecule has 6 heteroatoms. The van der Waals surface area contributed by atoms with Gasteiger partial charge < -0.3 is 20.4 Å². The fourth-order valence-electron chi connectivity index (χ4n) is 1.85. The zero-order valence-electron chi connectivity index (χ0n) is 11.4. The topological polar surface area (TPSA) is 82.2 Å². The summed E-state index contributed by atoms with van der Waals surface area (Å²) >= 11 is 0. The Morgan fingerprint density at radius 1 is 1.45 bits per heavy atom. The van der Waals surface area contributed by atoms with Crippen LogP contribution in [-0.4, -0.2) is 35.7 Å². The SMILES string of the molecule is COCCNC(=O)c1ccccc1-n1cnc(CN)c1. The lowest BCUT2D eigenvalue weighted by molar-refractivity contribution is 0.0937. The van der Waals surface area contributed by atoms with Crippen molar-refractivity contribution in [1.29, 1.82) is 0 Å². The number of amides is 1. The monoisotopic (exact) mass is 274 g/mol. The number of rotatable bonds is 6. The Balaban J connectivity index is 2.23. The van der Waals surface area contributed by atoms with Crippen molar-refractivity contribution < 1.29 is 9.53 Å². The standard InChI is InChI=1S/C14H18N4O2/c1-20-7-6-16-14(19)12-4-2-3-5-13(12)18-9-11(8-15)17-10-18/h2-5,9-10H,6-8,15H2,1H3,(H,16,19). The number of nitrogens with one attached hydrogen (secondary N) is 1. The number of nitrogens with two attached hydrogens (primary N) is 1. The molecule has 0 saturated carbocycles. The van der Waals surface area contributed by atoms with Crippen LogP contribution in [0.3, 0.4) is 0 Å². The highest BCUT2D eigenvalue weighted by atomic mass is 16.5. The Hall–Kier alpha value is -2.18. The van der Waals surface area contributed by atoms with E-state index in [2.05, 4.69) is 10.3 Å². The third kappa shape index (κ3) is 3.23. The van der Waals surface area contributed by atoms with Gasteiger partial charge in [-0.1, -0.05) is 12.1 Å². The minimum atomic E-state index is -0.138. The van der Waals surface area contributed by atoms with Gasteiger partial charge in [-0.2, -0.15) is 0 Å². The number of carbonyl (C=O) groups is 1. The molecule has 2 aromatic rings. The van der Waals surface area contributed by atoms with Gasteiger partial charge in [-0.3, -0.25) is 4.79 Å². The largest absolute Gasteiger partial charge is 0.383 e. The molecule has 3 N–H and O–H groups in total. The molecule has 106 valence electrons. The molecule has 1 amide bonds. The molecule has 2 rings (SSSR count). The quantitative estimate of drug-likeness (QED) is 0.760. The minimum Gasteiger partial charge on any atom is -0.383 e. The van der Waals surface area contributed by atoms with Gasteiger partial charge in [0.25, 0.3) is 5.91 Å². The summed E-state index contributed by atoms with van der Waals surface area (Å²) in [6.07, 6.45) is 3.48. The van der Waals surface area contributed by atoms with E-state index in [1.165, 1.54) is 0 Å². The van der Waals surface area contributed by atoms with E-state index < -0.39 is 0 Å². The second-order valence-electron chi connectivity index (χ2n) is 4.24. The average Bonchev–Trinajstić information content (AvgIpc) is 2.96. The van der Waals surface area contributed by atoms with Crippen molar-refractivity contribution in [3.63, 3.8) is 0 Å². The van der Waals surface area contributed by atoms with Crippen molar-refractivity contribution in [2.24, 2.45) is 5.73 Å². The molecule has 0 aliphatic heterocycles. The number of para-hydroxylation sites is 1. The Bertz CT molecular complexity index is 580. The molecule has 0 radical (unpaired) electrons. The van der Waals surface area contributed by atoms with Gasteiger partial charge in [0.2, 0.25) is 0 Å². The van der Waals surface area contributed by atoms with Crippen LogP contribution in [0.15, 0.2) is 36.8 Å². The molecule has 0 saturated heterocycles. The zero-order valence-corrected chi connectivity index (χ0v) is 11.4. The van der Waals surface area contributed by atoms with E-state index in [0.29, 0.717) is 25.3 Å². The van der Waals surface area contributed by atoms with Gasteiger partial charge in [0.05, 0.1) is 29.9 Å². The molecule has 1 heterocycles. The molecular formula is C14H18N4O2. The Kier molecular flexibility index (Phi) is 4.86. The predicted octanol–water partition coefficient (Wildman–Crippen LogP) is 0.707. The van der Waals surface area contributed by atoms with Crippen molar-refractivity contribution in [3.05, 3.63) is 48.0 Å². The lowest BCUT2D eigenvalue weighted by Gasteiger charge is -2.10. The molecular weight excluding hydrogens is 256 g/mol. The second-order valence-corrected chi connectivity index (χ2v) is 4.24. The van der Waals surface area contributed by atoms with Gasteiger partial charge in [-0.25, -0.2) is 4.98 Å². The van der Waals surface area contributed by atoms with Crippen molar-refractivity contribution in [3.8, 4) is 5.69 Å². The van der Waals surface area contributed by atoms with Gasteiger partial charge in [0.1, 0.15) is 0 Å². The van der Waals surface area contributed by atoms with Crippen molar-refractivity contribution >= 4 is 5.91 Å². The summed E-state index contributed by atoms with van der Waals surface area (Å²) < 4.78 is 6.72. The second kappa shape index (κ2) is 6.83. The first-order chi connectivity index (χ1) is 9.76. The fraction of sp³-hybridized carbons (Fsp3) is 0.286. The van der Waals surface area contributed by atoms with Crippen LogP contribution in [0.5, 0.6) is 0 Å². The number of carbonyl (C=O) groups excluding carboxylic acids is 1. The molecule has 0 aliphatic rings. The maximum absolute atomic E-state index is 12.2. The molecule has 1 aromatic carbocycles. The zero-order chi connectivity index (χ0) is 14.4. The molecule has 0 fully saturated rings. The smallest absolute Gasteiger partial charge is 0.253 e. The summed E-state index contributed by atoms with van der Waals surface area (Å²) in [5.41, 5.74) is 7.69. The van der Waals surface area contributed by atoms with E-state index in [4.69, 9.17) is 10.5 Å². The predicted molar refractivity (Wildman–Crippen MR) is 75.7 cm³/mol. The summed E-state index contributed by atoms with van der Waals surface area (Å²) in [4.78, 5) is 16.3. The van der Waals surface area contributed by atoms with Crippen LogP contribution in [0, 0.1) is 0 Å². The molecule has 6 nitrogen and oxygen atoms in total. The van der Waals surface area contributed by atoms with Crippen LogP contribution in [-0.2, 0) is 11.3 Å². The molecule has 0 unspecified atom stereocenters. The Morgan fingerprint density at radius 2 is 2.25 bits per heavy atom. The van der Waals surface area contributed by atoms with E-state index in [0.717, 1.165) is 11.4 Å². The highest BCUT2D eigenvalue weighted by Crippen LogP contribution is 2.14. The van der Waals surface area contributed by atoms with Crippen molar-refractivity contribution in [2.45, 2.75) is 6.54 Å². The van der Waals surface area contributed by atoms with Gasteiger partial charge in [0.15, 0.2) is 0 Å². The maximum Gasteiger partial charge on any atom is 0.253 e. The van der Waals surface area contributed by atoms with Crippen molar-refractivity contribution in [2.75, 3.05) is 20.3 Å². The lowest BCUT2D eigenvalue weighted by atomic mass is 10.1. The highest BCUT2D eigenvalue weighted by molar-refractivity contribution is 5.97. The number of methoxy groups -OCH3 is 1. The number of hydrogen-bond acceptors (Lipinski definition) is 4. The number of aromatic nitrogens is 2. The van der Waals surface area contributed by atoms with Gasteiger partial charge in [0, 0.05) is 26.4 Å². The van der Waals surface area contributed by atoms with Gasteiger partial charge >= 0.3 is 0 Å². The molecule has 20 heavy (non-hydrogen) atoms. The molecule has 0 aliphatic carbocycles. The fourth-order valence-corrected chi connectivity index (χ4v) is 1.85. The minimum absolute atomic E-state index is 0.138. The lowest BCUT2D eigenvalue weighted by Crippen LogP contribution is -2.27. The molecule has 0 atom stereocenters. The third-order valence-electron chi connectivity index (χ3n) is 2.86. The molecule has 0 bridgehead atoms. The molecule has 1 aromatic heterocycles. The average molecular weight is 274 g/mol. The van der Waals surface area contributed by atoms with Crippen LogP contribution < -0.4 is 11.1 Å². The van der Waals surface area contributed by atoms with E-state index in [1.807, 2.05) is 24.4 Å². The Labute approximate surface area is 117 Å². The number of imidazole rings is 1. The number of hydrogen-bond donors (Lipinski definition) is 2. The summed E-state index contributed by atoms with van der Waals surface area (Å²) in [6, 6.07) is 7.35. The van der Waals surface area contributed by atoms with Crippen LogP contribution in [0.25, 0.3) is 5.69 Å². The molecule has 0 spiro atoms. The first kappa shape index (κ1) is 14.2.